The number of hydrogen-bond donors (Lipinski definition) is 1. The topological polar surface area (TPSA) is 128 Å². The maximum atomic E-state index is 14.1. The van der Waals surface area contributed by atoms with E-state index in [-0.39, 0.29) is 18.3 Å². The molecule has 13 heteroatoms. The van der Waals surface area contributed by atoms with E-state index in [0.717, 1.165) is 45.7 Å². The summed E-state index contributed by atoms with van der Waals surface area (Å²) in [7, 11) is -1.55. The number of ether oxygens (including phenoxy) is 5. The summed E-state index contributed by atoms with van der Waals surface area (Å²) in [5.74, 6) is -0.136. The molecular weight excluding hydrogens is 931 g/mol. The molecule has 12 nitrogen and oxygen atoms in total. The van der Waals surface area contributed by atoms with Gasteiger partial charge in [-0.3, -0.25) is 4.57 Å². The number of nitrogens with one attached hydrogen (secondary N) is 1. The van der Waals surface area contributed by atoms with Crippen molar-refractivity contribution in [2.75, 3.05) is 25.6 Å². The lowest BCUT2D eigenvalue weighted by atomic mass is 9.77. The molecule has 2 saturated heterocycles. The fourth-order valence-electron chi connectivity index (χ4n) is 11.8. The second-order valence-corrected chi connectivity index (χ2v) is 25.0. The van der Waals surface area contributed by atoms with E-state index in [4.69, 9.17) is 43.1 Å². The predicted molar refractivity (Wildman–Crippen MR) is 283 cm³/mol. The molecule has 2 aromatic heterocycles. The number of imidazole rings is 1. The first-order chi connectivity index (χ1) is 35.4. The van der Waals surface area contributed by atoms with Crippen molar-refractivity contribution >= 4 is 41.6 Å². The van der Waals surface area contributed by atoms with Crippen LogP contribution in [-0.2, 0) is 28.9 Å². The average Bonchev–Trinajstić information content (AvgIpc) is 4.20. The molecule has 0 unspecified atom stereocenters. The fraction of sp³-hybridized carbons (Fsp3) is 0.300. The van der Waals surface area contributed by atoms with Crippen molar-refractivity contribution in [3.8, 4) is 5.75 Å². The van der Waals surface area contributed by atoms with Gasteiger partial charge in [-0.25, -0.2) is 19.7 Å². The Hall–Kier alpha value is -7.00. The number of aromatic nitrogens is 4. The standard InChI is InChI=1S/C60H61N5O7Si/c1-56(2,3)73(48-29-17-9-18-30-48,49-31-19-10-20-32-49)69-40-58(39-68-53(66)43-23-11-6-12-24-43)54-57(4,72-59(70-54)37-21-22-38-59)55(71-58)65-42-63-50-51(61-41-62-52(50)65)64-60(44-25-13-7-14-26-44,45-27-15-8-16-28-45)46-33-35-47(67-5)36-34-46/h6-20,23-36,41-42,54-55H,21-22,37-40H2,1-5H3,(H,61,62,64)/t54-,55+,57+,58-/m0/s1. The zero-order valence-corrected chi connectivity index (χ0v) is 42.9. The number of methoxy groups -OCH3 is 1. The monoisotopic (exact) mass is 991 g/mol. The summed E-state index contributed by atoms with van der Waals surface area (Å²) in [5, 5.41) is 5.76. The summed E-state index contributed by atoms with van der Waals surface area (Å²) < 4.78 is 44.1. The molecule has 0 radical (unpaired) electrons. The van der Waals surface area contributed by atoms with Crippen LogP contribution in [0.2, 0.25) is 5.04 Å². The second kappa shape index (κ2) is 19.1. The van der Waals surface area contributed by atoms with Crippen LogP contribution in [0.15, 0.2) is 189 Å². The average molecular weight is 992 g/mol. The Kier molecular flexibility index (Phi) is 12.6. The molecule has 372 valence electrons. The molecule has 11 rings (SSSR count). The number of benzene rings is 6. The maximum Gasteiger partial charge on any atom is 0.338 e. The van der Waals surface area contributed by atoms with Gasteiger partial charge in [-0.05, 0) is 76.1 Å². The van der Waals surface area contributed by atoms with Crippen molar-refractivity contribution < 1.29 is 32.9 Å². The number of carbonyl (C=O) groups excluding carboxylic acids is 1. The van der Waals surface area contributed by atoms with Gasteiger partial charge in [-0.1, -0.05) is 172 Å². The number of nitrogens with zero attached hydrogens (tertiary/aromatic N) is 4. The van der Waals surface area contributed by atoms with Crippen LogP contribution in [0, 0.1) is 0 Å². The Balaban J connectivity index is 1.06. The summed E-state index contributed by atoms with van der Waals surface area (Å²) >= 11 is 0. The number of fused-ring (bicyclic) bond motifs is 2. The van der Waals surface area contributed by atoms with E-state index < -0.39 is 49.1 Å². The van der Waals surface area contributed by atoms with Crippen molar-refractivity contribution in [2.24, 2.45) is 0 Å². The Morgan fingerprint density at radius 1 is 0.699 bits per heavy atom. The number of hydrogen-bond acceptors (Lipinski definition) is 11. The SMILES string of the molecule is COc1ccc(C(Nc2ncnc3c2ncn3[C@@H]2O[C@@](COC(=O)c3ccccc3)(CO[Si](c3ccccc3)(c3ccccc3)C(C)(C)C)[C@H]3OC4(CCCC4)O[C@]32C)(c2ccccc2)c2ccccc2)cc1. The van der Waals surface area contributed by atoms with E-state index in [0.29, 0.717) is 35.4 Å². The van der Waals surface area contributed by atoms with Crippen LogP contribution in [-0.4, -0.2) is 77.2 Å². The molecule has 3 fully saturated rings. The highest BCUT2D eigenvalue weighted by Crippen LogP contribution is 2.59. The Morgan fingerprint density at radius 2 is 1.25 bits per heavy atom. The van der Waals surface area contributed by atoms with Gasteiger partial charge in [0, 0.05) is 12.8 Å². The molecule has 8 aromatic rings. The molecule has 1 aliphatic carbocycles. The summed E-state index contributed by atoms with van der Waals surface area (Å²) in [4.78, 5) is 29.1. The van der Waals surface area contributed by atoms with Crippen LogP contribution in [0.1, 0.15) is 86.7 Å². The fourth-order valence-corrected chi connectivity index (χ4v) is 16.4. The lowest BCUT2D eigenvalue weighted by Crippen LogP contribution is -2.68. The smallest absolute Gasteiger partial charge is 0.338 e. The molecule has 6 aromatic carbocycles. The van der Waals surface area contributed by atoms with Crippen LogP contribution in [0.3, 0.4) is 0 Å². The third kappa shape index (κ3) is 8.33. The van der Waals surface area contributed by atoms with Crippen LogP contribution >= 0.6 is 0 Å². The van der Waals surface area contributed by atoms with Crippen LogP contribution < -0.4 is 20.4 Å². The predicted octanol–water partition coefficient (Wildman–Crippen LogP) is 10.4. The van der Waals surface area contributed by atoms with Crippen LogP contribution in [0.25, 0.3) is 11.2 Å². The Bertz CT molecular complexity index is 3090. The third-order valence-corrected chi connectivity index (χ3v) is 20.2. The van der Waals surface area contributed by atoms with Crippen LogP contribution in [0.5, 0.6) is 5.75 Å². The van der Waals surface area contributed by atoms with Gasteiger partial charge in [0.1, 0.15) is 35.9 Å². The van der Waals surface area contributed by atoms with Gasteiger partial charge in [0.25, 0.3) is 8.32 Å². The highest BCUT2D eigenvalue weighted by Gasteiger charge is 2.73. The maximum absolute atomic E-state index is 14.1. The minimum absolute atomic E-state index is 0.00546. The highest BCUT2D eigenvalue weighted by molar-refractivity contribution is 6.99. The number of rotatable bonds is 15. The molecule has 0 amide bonds. The molecule has 1 saturated carbocycles. The lowest BCUT2D eigenvalue weighted by Gasteiger charge is -2.45. The van der Waals surface area contributed by atoms with E-state index >= 15 is 0 Å². The van der Waals surface area contributed by atoms with Gasteiger partial charge in [-0.2, -0.15) is 0 Å². The summed E-state index contributed by atoms with van der Waals surface area (Å²) in [6.07, 6.45) is 4.92. The Labute approximate surface area is 427 Å². The largest absolute Gasteiger partial charge is 0.497 e. The van der Waals surface area contributed by atoms with E-state index in [2.05, 4.69) is 111 Å². The van der Waals surface area contributed by atoms with Crippen molar-refractivity contribution in [2.45, 2.75) is 93.3 Å². The van der Waals surface area contributed by atoms with Crippen molar-refractivity contribution in [3.63, 3.8) is 0 Å². The zero-order chi connectivity index (χ0) is 50.3. The first-order valence-corrected chi connectivity index (χ1v) is 27.1. The zero-order valence-electron chi connectivity index (χ0n) is 41.9. The summed E-state index contributed by atoms with van der Waals surface area (Å²) in [6, 6.07) is 58.8. The Morgan fingerprint density at radius 3 is 1.81 bits per heavy atom. The third-order valence-electron chi connectivity index (χ3n) is 15.2. The second-order valence-electron chi connectivity index (χ2n) is 20.7. The molecule has 1 spiro atoms. The molecule has 2 aliphatic heterocycles. The molecule has 73 heavy (non-hydrogen) atoms. The first-order valence-electron chi connectivity index (χ1n) is 25.2. The van der Waals surface area contributed by atoms with Gasteiger partial charge in [0.2, 0.25) is 0 Å². The van der Waals surface area contributed by atoms with Gasteiger partial charge < -0.3 is 33.4 Å². The van der Waals surface area contributed by atoms with Gasteiger partial charge in [0.15, 0.2) is 34.6 Å². The lowest BCUT2D eigenvalue weighted by molar-refractivity contribution is -0.254. The molecule has 4 atom stereocenters. The number of carbonyl (C=O) groups is 1. The normalized spacial score (nSPS) is 21.5. The molecule has 1 N–H and O–H groups in total. The van der Waals surface area contributed by atoms with Crippen molar-refractivity contribution in [1.29, 1.82) is 0 Å². The van der Waals surface area contributed by atoms with E-state index in [9.17, 15) is 4.79 Å². The molecule has 4 heterocycles. The summed E-state index contributed by atoms with van der Waals surface area (Å²) in [6.45, 7) is 8.59. The van der Waals surface area contributed by atoms with E-state index in [1.165, 1.54) is 0 Å². The number of esters is 1. The quantitative estimate of drug-likeness (QED) is 0.0599. The van der Waals surface area contributed by atoms with Gasteiger partial charge in [0.05, 0.1) is 25.6 Å². The van der Waals surface area contributed by atoms with E-state index in [1.807, 2.05) is 90.4 Å². The molecular formula is C60H61N5O7Si. The van der Waals surface area contributed by atoms with Crippen molar-refractivity contribution in [3.05, 3.63) is 211 Å². The van der Waals surface area contributed by atoms with Crippen LogP contribution in [0.4, 0.5) is 5.82 Å². The van der Waals surface area contributed by atoms with E-state index in [1.54, 1.807) is 31.9 Å². The molecule has 3 aliphatic rings. The van der Waals surface area contributed by atoms with Gasteiger partial charge >= 0.3 is 5.97 Å². The number of anilines is 1. The van der Waals surface area contributed by atoms with Gasteiger partial charge in [-0.15, -0.1) is 0 Å². The summed E-state index contributed by atoms with van der Waals surface area (Å²) in [5.41, 5.74) is 0.864. The van der Waals surface area contributed by atoms with Crippen molar-refractivity contribution in [1.82, 2.24) is 19.5 Å². The minimum atomic E-state index is -3.22. The molecule has 0 bridgehead atoms. The highest BCUT2D eigenvalue weighted by atomic mass is 28.4. The minimum Gasteiger partial charge on any atom is -0.497 e. The first kappa shape index (κ1) is 48.3.